The predicted octanol–water partition coefficient (Wildman–Crippen LogP) is 5.47. The maximum Gasteiger partial charge on any atom is 0.573 e. The van der Waals surface area contributed by atoms with Crippen molar-refractivity contribution in [3.05, 3.63) is 63.1 Å². The van der Waals surface area contributed by atoms with Gasteiger partial charge in [0.2, 0.25) is 0 Å². The summed E-state index contributed by atoms with van der Waals surface area (Å²) in [4.78, 5) is 0. The molecule has 0 bridgehead atoms. The molecule has 2 nitrogen and oxygen atoms in total. The number of hydrogen-bond donors (Lipinski definition) is 1. The lowest BCUT2D eigenvalue weighted by Gasteiger charge is -2.15. The zero-order valence-corrected chi connectivity index (χ0v) is 14.1. The Bertz CT molecular complexity index is 635. The average molecular weight is 417 g/mol. The number of rotatable bonds is 3. The van der Waals surface area contributed by atoms with Crippen LogP contribution < -0.4 is 10.5 Å². The van der Waals surface area contributed by atoms with E-state index in [0.29, 0.717) is 10.6 Å². The van der Waals surface area contributed by atoms with Gasteiger partial charge in [0, 0.05) is 9.50 Å². The zero-order valence-electron chi connectivity index (χ0n) is 10.9. The van der Waals surface area contributed by atoms with Gasteiger partial charge in [-0.1, -0.05) is 45.7 Å². The minimum absolute atomic E-state index is 0. The summed E-state index contributed by atoms with van der Waals surface area (Å²) >= 11 is 9.22. The van der Waals surface area contributed by atoms with Gasteiger partial charge in [0.1, 0.15) is 5.75 Å². The van der Waals surface area contributed by atoms with Crippen molar-refractivity contribution in [2.24, 2.45) is 5.73 Å². The lowest BCUT2D eigenvalue weighted by molar-refractivity contribution is -0.274. The molecule has 2 N–H and O–H groups in total. The molecule has 2 rings (SSSR count). The molecule has 0 saturated heterocycles. The largest absolute Gasteiger partial charge is 0.573 e. The van der Waals surface area contributed by atoms with E-state index in [0.717, 1.165) is 10.0 Å². The Labute approximate surface area is 144 Å². The topological polar surface area (TPSA) is 35.2 Å². The van der Waals surface area contributed by atoms with Crippen LogP contribution >= 0.6 is 39.9 Å². The smallest absolute Gasteiger partial charge is 0.406 e. The van der Waals surface area contributed by atoms with Crippen molar-refractivity contribution < 1.29 is 17.9 Å². The van der Waals surface area contributed by atoms with Crippen LogP contribution in [-0.4, -0.2) is 6.36 Å². The first-order valence-electron chi connectivity index (χ1n) is 5.82. The fourth-order valence-corrected chi connectivity index (χ4v) is 2.74. The molecule has 0 aliphatic rings. The Morgan fingerprint density at radius 2 is 1.68 bits per heavy atom. The molecule has 0 aromatic heterocycles. The Kier molecular flexibility index (Phi) is 6.55. The van der Waals surface area contributed by atoms with Crippen molar-refractivity contribution in [3.8, 4) is 5.75 Å². The molecule has 1 atom stereocenters. The third-order valence-corrected chi connectivity index (χ3v) is 3.69. The second kappa shape index (κ2) is 7.55. The van der Waals surface area contributed by atoms with Gasteiger partial charge in [-0.25, -0.2) is 0 Å². The second-order valence-electron chi connectivity index (χ2n) is 4.26. The van der Waals surface area contributed by atoms with Gasteiger partial charge in [-0.15, -0.1) is 25.6 Å². The van der Waals surface area contributed by atoms with E-state index in [1.54, 1.807) is 18.2 Å². The summed E-state index contributed by atoms with van der Waals surface area (Å²) in [6.45, 7) is 0. The van der Waals surface area contributed by atoms with Gasteiger partial charge in [0.15, 0.2) is 0 Å². The first-order chi connectivity index (χ1) is 9.76. The van der Waals surface area contributed by atoms with Crippen LogP contribution in [0.5, 0.6) is 5.75 Å². The van der Waals surface area contributed by atoms with E-state index in [4.69, 9.17) is 17.3 Å². The molecule has 22 heavy (non-hydrogen) atoms. The number of ether oxygens (including phenoxy) is 1. The second-order valence-corrected chi connectivity index (χ2v) is 5.55. The van der Waals surface area contributed by atoms with Crippen LogP contribution in [-0.2, 0) is 0 Å². The number of alkyl halides is 3. The Morgan fingerprint density at radius 1 is 1.09 bits per heavy atom. The van der Waals surface area contributed by atoms with Gasteiger partial charge in [-0.2, -0.15) is 0 Å². The molecule has 0 aliphatic carbocycles. The van der Waals surface area contributed by atoms with Crippen molar-refractivity contribution in [1.82, 2.24) is 0 Å². The highest BCUT2D eigenvalue weighted by Crippen LogP contribution is 2.30. The predicted molar refractivity (Wildman–Crippen MR) is 85.6 cm³/mol. The van der Waals surface area contributed by atoms with Crippen LogP contribution in [0.3, 0.4) is 0 Å². The molecule has 0 heterocycles. The molecule has 0 saturated carbocycles. The zero-order chi connectivity index (χ0) is 15.6. The van der Waals surface area contributed by atoms with Gasteiger partial charge in [0.25, 0.3) is 0 Å². The Balaban J connectivity index is 0.00000242. The summed E-state index contributed by atoms with van der Waals surface area (Å²) in [5, 5.41) is 0.562. The quantitative estimate of drug-likeness (QED) is 0.719. The lowest BCUT2D eigenvalue weighted by atomic mass is 10.00. The maximum atomic E-state index is 12.1. The fraction of sp³-hybridized carbons (Fsp3) is 0.143. The number of nitrogens with two attached hydrogens (primary N) is 1. The highest BCUT2D eigenvalue weighted by Gasteiger charge is 2.31. The van der Waals surface area contributed by atoms with Gasteiger partial charge in [-0.05, 0) is 35.4 Å². The highest BCUT2D eigenvalue weighted by molar-refractivity contribution is 9.10. The Hall–Kier alpha value is -0.950. The normalized spacial score (nSPS) is 12.5. The molecular weight excluding hydrogens is 406 g/mol. The third kappa shape index (κ3) is 5.05. The van der Waals surface area contributed by atoms with Crippen molar-refractivity contribution in [3.63, 3.8) is 0 Å². The van der Waals surface area contributed by atoms with Crippen molar-refractivity contribution in [2.75, 3.05) is 0 Å². The summed E-state index contributed by atoms with van der Waals surface area (Å²) in [6, 6.07) is 10.1. The minimum atomic E-state index is -4.71. The molecule has 0 spiro atoms. The first-order valence-corrected chi connectivity index (χ1v) is 6.99. The fourth-order valence-electron chi connectivity index (χ4n) is 1.81. The van der Waals surface area contributed by atoms with Crippen LogP contribution in [0.2, 0.25) is 5.02 Å². The van der Waals surface area contributed by atoms with E-state index in [1.807, 2.05) is 0 Å². The molecule has 2 aromatic rings. The van der Waals surface area contributed by atoms with E-state index < -0.39 is 12.4 Å². The number of hydrogen-bond acceptors (Lipinski definition) is 2. The Morgan fingerprint density at radius 3 is 2.18 bits per heavy atom. The summed E-state index contributed by atoms with van der Waals surface area (Å²) in [5.74, 6) is -0.284. The molecule has 0 amide bonds. The lowest BCUT2D eigenvalue weighted by Crippen LogP contribution is -2.17. The molecule has 0 unspecified atom stereocenters. The van der Waals surface area contributed by atoms with Crippen LogP contribution in [0.25, 0.3) is 0 Å². The monoisotopic (exact) mass is 415 g/mol. The number of benzene rings is 2. The first kappa shape index (κ1) is 19.1. The highest BCUT2D eigenvalue weighted by atomic mass is 79.9. The summed E-state index contributed by atoms with van der Waals surface area (Å²) in [7, 11) is 0. The van der Waals surface area contributed by atoms with Crippen LogP contribution in [0, 0.1) is 0 Å². The molecular formula is C14H11BrCl2F3NO. The molecule has 0 aliphatic heterocycles. The summed E-state index contributed by atoms with van der Waals surface area (Å²) in [5.41, 5.74) is 7.55. The van der Waals surface area contributed by atoms with Crippen molar-refractivity contribution >= 4 is 39.9 Å². The molecule has 0 fully saturated rings. The SMILES string of the molecule is Cl.N[C@@H](c1ccc(OC(F)(F)F)cc1)c1ccc(Cl)cc1Br. The maximum absolute atomic E-state index is 12.1. The van der Waals surface area contributed by atoms with Gasteiger partial charge < -0.3 is 10.5 Å². The van der Waals surface area contributed by atoms with E-state index in [9.17, 15) is 13.2 Å². The standard InChI is InChI=1S/C14H10BrClF3NO.ClH/c15-12-7-9(16)3-6-11(12)13(20)8-1-4-10(5-2-8)21-14(17,18)19;/h1-7,13H,20H2;1H/t13-;/m0./s1. The third-order valence-electron chi connectivity index (χ3n) is 2.77. The van der Waals surface area contributed by atoms with Crippen LogP contribution in [0.15, 0.2) is 46.9 Å². The van der Waals surface area contributed by atoms with Gasteiger partial charge in [0.05, 0.1) is 6.04 Å². The van der Waals surface area contributed by atoms with E-state index in [-0.39, 0.29) is 18.2 Å². The van der Waals surface area contributed by atoms with E-state index in [2.05, 4.69) is 20.7 Å². The van der Waals surface area contributed by atoms with Crippen molar-refractivity contribution in [1.29, 1.82) is 0 Å². The van der Waals surface area contributed by atoms with E-state index in [1.165, 1.54) is 24.3 Å². The molecule has 0 radical (unpaired) electrons. The number of halogens is 6. The molecule has 120 valence electrons. The molecule has 2 aromatic carbocycles. The minimum Gasteiger partial charge on any atom is -0.406 e. The van der Waals surface area contributed by atoms with Gasteiger partial charge in [-0.3, -0.25) is 0 Å². The summed E-state index contributed by atoms with van der Waals surface area (Å²) < 4.78 is 40.8. The van der Waals surface area contributed by atoms with Crippen LogP contribution in [0.1, 0.15) is 17.2 Å². The average Bonchev–Trinajstić information content (AvgIpc) is 2.37. The summed E-state index contributed by atoms with van der Waals surface area (Å²) in [6.07, 6.45) is -4.71. The van der Waals surface area contributed by atoms with Crippen LogP contribution in [0.4, 0.5) is 13.2 Å². The van der Waals surface area contributed by atoms with Crippen molar-refractivity contribution in [2.45, 2.75) is 12.4 Å². The van der Waals surface area contributed by atoms with E-state index >= 15 is 0 Å². The molecule has 8 heteroatoms. The van der Waals surface area contributed by atoms with Gasteiger partial charge >= 0.3 is 6.36 Å².